The van der Waals surface area contributed by atoms with Crippen LogP contribution in [-0.2, 0) is 6.61 Å². The van der Waals surface area contributed by atoms with E-state index in [1.165, 1.54) is 6.07 Å². The van der Waals surface area contributed by atoms with Crippen molar-refractivity contribution in [2.45, 2.75) is 13.5 Å². The van der Waals surface area contributed by atoms with Crippen molar-refractivity contribution in [1.82, 2.24) is 0 Å². The molecular weight excluding hydrogens is 336 g/mol. The van der Waals surface area contributed by atoms with Gasteiger partial charge in [0.25, 0.3) is 5.69 Å². The fraction of sp³-hybridized carbons (Fsp3) is 0.133. The maximum Gasteiger partial charge on any atom is 0.287 e. The molecule has 0 saturated carbocycles. The number of aryl methyl sites for hydroxylation is 1. The molecular formula is C15H11BrN2O3. The van der Waals surface area contributed by atoms with Crippen molar-refractivity contribution < 1.29 is 9.66 Å². The van der Waals surface area contributed by atoms with Gasteiger partial charge in [0.2, 0.25) is 0 Å². The molecule has 0 atom stereocenters. The third-order valence-electron chi connectivity index (χ3n) is 2.99. The lowest BCUT2D eigenvalue weighted by Crippen LogP contribution is -2.00. The van der Waals surface area contributed by atoms with Crippen LogP contribution in [0.1, 0.15) is 16.7 Å². The zero-order valence-corrected chi connectivity index (χ0v) is 12.8. The van der Waals surface area contributed by atoms with E-state index < -0.39 is 4.92 Å². The largest absolute Gasteiger partial charge is 0.487 e. The zero-order valence-electron chi connectivity index (χ0n) is 11.2. The quantitative estimate of drug-likeness (QED) is 0.616. The summed E-state index contributed by atoms with van der Waals surface area (Å²) in [6, 6.07) is 12.0. The Kier molecular flexibility index (Phi) is 4.55. The van der Waals surface area contributed by atoms with E-state index in [0.717, 1.165) is 11.1 Å². The average Bonchev–Trinajstić information content (AvgIpc) is 2.46. The number of hydrogen-bond donors (Lipinski definition) is 0. The normalized spacial score (nSPS) is 9.95. The van der Waals surface area contributed by atoms with Gasteiger partial charge in [-0.2, -0.15) is 5.26 Å². The second kappa shape index (κ2) is 6.37. The van der Waals surface area contributed by atoms with Crippen molar-refractivity contribution in [3.63, 3.8) is 0 Å². The number of benzene rings is 2. The molecule has 2 aromatic rings. The molecule has 21 heavy (non-hydrogen) atoms. The van der Waals surface area contributed by atoms with E-state index in [2.05, 4.69) is 22.0 Å². The summed E-state index contributed by atoms with van der Waals surface area (Å²) in [5.41, 5.74) is 2.42. The van der Waals surface area contributed by atoms with Gasteiger partial charge in [-0.1, -0.05) is 12.1 Å². The van der Waals surface area contributed by atoms with Gasteiger partial charge in [-0.25, -0.2) is 0 Å². The second-order valence-corrected chi connectivity index (χ2v) is 5.18. The summed E-state index contributed by atoms with van der Waals surface area (Å²) in [5.74, 6) is 0.410. The number of rotatable bonds is 4. The topological polar surface area (TPSA) is 76.2 Å². The van der Waals surface area contributed by atoms with E-state index in [1.54, 1.807) is 24.3 Å². The SMILES string of the molecule is Cc1cc(C#N)ccc1COc1cccc([N+](=O)[O-])c1Br. The summed E-state index contributed by atoms with van der Waals surface area (Å²) in [6.45, 7) is 2.17. The summed E-state index contributed by atoms with van der Waals surface area (Å²) in [4.78, 5) is 10.4. The lowest BCUT2D eigenvalue weighted by atomic mass is 10.1. The third kappa shape index (κ3) is 3.38. The van der Waals surface area contributed by atoms with Crippen molar-refractivity contribution in [3.8, 4) is 11.8 Å². The van der Waals surface area contributed by atoms with E-state index in [-0.39, 0.29) is 12.3 Å². The third-order valence-corrected chi connectivity index (χ3v) is 3.79. The molecule has 5 nitrogen and oxygen atoms in total. The highest BCUT2D eigenvalue weighted by molar-refractivity contribution is 9.10. The van der Waals surface area contributed by atoms with E-state index >= 15 is 0 Å². The molecule has 0 unspecified atom stereocenters. The van der Waals surface area contributed by atoms with Crippen LogP contribution in [-0.4, -0.2) is 4.92 Å². The Morgan fingerprint density at radius 1 is 1.38 bits per heavy atom. The zero-order chi connectivity index (χ0) is 15.4. The first-order chi connectivity index (χ1) is 10.0. The van der Waals surface area contributed by atoms with Crippen LogP contribution in [0.3, 0.4) is 0 Å². The standard InChI is InChI=1S/C15H11BrN2O3/c1-10-7-11(8-17)5-6-12(10)9-21-14-4-2-3-13(15(14)16)18(19)20/h2-7H,9H2,1H3. The minimum absolute atomic E-state index is 0.0379. The Labute approximate surface area is 130 Å². The molecule has 0 radical (unpaired) electrons. The minimum Gasteiger partial charge on any atom is -0.487 e. The van der Waals surface area contributed by atoms with Crippen LogP contribution >= 0.6 is 15.9 Å². The molecule has 0 aliphatic heterocycles. The molecule has 6 heteroatoms. The first kappa shape index (κ1) is 15.0. The lowest BCUT2D eigenvalue weighted by Gasteiger charge is -2.10. The summed E-state index contributed by atoms with van der Waals surface area (Å²) in [5, 5.41) is 19.7. The van der Waals surface area contributed by atoms with Crippen molar-refractivity contribution in [2.75, 3.05) is 0 Å². The highest BCUT2D eigenvalue weighted by atomic mass is 79.9. The van der Waals surface area contributed by atoms with Crippen LogP contribution in [0.4, 0.5) is 5.69 Å². The maximum absolute atomic E-state index is 10.9. The number of nitriles is 1. The molecule has 0 heterocycles. The number of ether oxygens (including phenoxy) is 1. The fourth-order valence-corrected chi connectivity index (χ4v) is 2.36. The molecule has 0 saturated heterocycles. The number of nitro groups is 1. The van der Waals surface area contributed by atoms with Crippen LogP contribution in [0.25, 0.3) is 0 Å². The predicted molar refractivity (Wildman–Crippen MR) is 81.0 cm³/mol. The van der Waals surface area contributed by atoms with E-state index in [4.69, 9.17) is 10.00 Å². The molecule has 106 valence electrons. The Hall–Kier alpha value is -2.39. The molecule has 2 aromatic carbocycles. The molecule has 0 amide bonds. The van der Waals surface area contributed by atoms with Gasteiger partial charge < -0.3 is 4.74 Å². The Bertz CT molecular complexity index is 738. The van der Waals surface area contributed by atoms with E-state index in [0.29, 0.717) is 15.8 Å². The summed E-state index contributed by atoms with van der Waals surface area (Å²) >= 11 is 3.19. The molecule has 0 fully saturated rings. The molecule has 0 N–H and O–H groups in total. The maximum atomic E-state index is 10.9. The van der Waals surface area contributed by atoms with Crippen LogP contribution in [0, 0.1) is 28.4 Å². The number of halogens is 1. The summed E-state index contributed by atoms with van der Waals surface area (Å²) in [6.07, 6.45) is 0. The highest BCUT2D eigenvalue weighted by Crippen LogP contribution is 2.34. The monoisotopic (exact) mass is 346 g/mol. The number of nitro benzene ring substituents is 1. The first-order valence-corrected chi connectivity index (χ1v) is 6.87. The fourth-order valence-electron chi connectivity index (χ4n) is 1.83. The number of hydrogen-bond acceptors (Lipinski definition) is 4. The van der Waals surface area contributed by atoms with Crippen LogP contribution in [0.5, 0.6) is 5.75 Å². The van der Waals surface area contributed by atoms with Crippen LogP contribution in [0.2, 0.25) is 0 Å². The van der Waals surface area contributed by atoms with Crippen LogP contribution in [0.15, 0.2) is 40.9 Å². The Morgan fingerprint density at radius 2 is 2.14 bits per heavy atom. The van der Waals surface area contributed by atoms with Crippen molar-refractivity contribution in [1.29, 1.82) is 5.26 Å². The average molecular weight is 347 g/mol. The van der Waals surface area contributed by atoms with Crippen LogP contribution < -0.4 is 4.74 Å². The minimum atomic E-state index is -0.468. The number of nitrogens with zero attached hydrogens (tertiary/aromatic N) is 2. The van der Waals surface area contributed by atoms with Crippen molar-refractivity contribution in [3.05, 3.63) is 67.7 Å². The molecule has 0 spiro atoms. The molecule has 0 bridgehead atoms. The second-order valence-electron chi connectivity index (χ2n) is 4.39. The molecule has 0 aromatic heterocycles. The lowest BCUT2D eigenvalue weighted by molar-refractivity contribution is -0.385. The van der Waals surface area contributed by atoms with Gasteiger partial charge in [0.05, 0.1) is 16.6 Å². The van der Waals surface area contributed by atoms with Gasteiger partial charge in [-0.3, -0.25) is 10.1 Å². The highest BCUT2D eigenvalue weighted by Gasteiger charge is 2.16. The van der Waals surface area contributed by atoms with Gasteiger partial charge in [-0.05, 0) is 52.2 Å². The van der Waals surface area contributed by atoms with Crippen molar-refractivity contribution >= 4 is 21.6 Å². The Balaban J connectivity index is 2.19. The summed E-state index contributed by atoms with van der Waals surface area (Å²) < 4.78 is 5.95. The van der Waals surface area contributed by atoms with Gasteiger partial charge >= 0.3 is 0 Å². The van der Waals surface area contributed by atoms with Gasteiger partial charge in [0.15, 0.2) is 0 Å². The molecule has 2 rings (SSSR count). The van der Waals surface area contributed by atoms with E-state index in [9.17, 15) is 10.1 Å². The van der Waals surface area contributed by atoms with Crippen molar-refractivity contribution in [2.24, 2.45) is 0 Å². The molecule has 0 aliphatic rings. The van der Waals surface area contributed by atoms with Gasteiger partial charge in [0, 0.05) is 6.07 Å². The smallest absolute Gasteiger partial charge is 0.287 e. The predicted octanol–water partition coefficient (Wildman–Crippen LogP) is 4.12. The van der Waals surface area contributed by atoms with Gasteiger partial charge in [-0.15, -0.1) is 0 Å². The molecule has 0 aliphatic carbocycles. The van der Waals surface area contributed by atoms with Gasteiger partial charge in [0.1, 0.15) is 16.8 Å². The Morgan fingerprint density at radius 3 is 2.76 bits per heavy atom. The summed E-state index contributed by atoms with van der Waals surface area (Å²) in [7, 11) is 0. The first-order valence-electron chi connectivity index (χ1n) is 6.08. The van der Waals surface area contributed by atoms with E-state index in [1.807, 2.05) is 13.0 Å².